The first-order valence-electron chi connectivity index (χ1n) is 6.07. The summed E-state index contributed by atoms with van der Waals surface area (Å²) in [5.74, 6) is -2.15. The zero-order chi connectivity index (χ0) is 16.2. The number of esters is 1. The van der Waals surface area contributed by atoms with Crippen molar-refractivity contribution in [3.8, 4) is 0 Å². The first-order valence-corrected chi connectivity index (χ1v) is 6.82. The number of amides is 1. The SMILES string of the molecule is CCOC(=O)C(C(=O)N(C)C)=C(O)c1ccc(Cl)cc1Cl.[NaH]. The molecule has 116 valence electrons. The van der Waals surface area contributed by atoms with Crippen molar-refractivity contribution in [3.63, 3.8) is 0 Å². The van der Waals surface area contributed by atoms with Gasteiger partial charge in [0.2, 0.25) is 0 Å². The molecule has 0 saturated carbocycles. The Bertz CT molecular complexity index is 603. The van der Waals surface area contributed by atoms with Crippen molar-refractivity contribution in [2.45, 2.75) is 6.92 Å². The van der Waals surface area contributed by atoms with Crippen molar-refractivity contribution in [2.24, 2.45) is 0 Å². The van der Waals surface area contributed by atoms with E-state index in [9.17, 15) is 14.7 Å². The summed E-state index contributed by atoms with van der Waals surface area (Å²) >= 11 is 11.8. The summed E-state index contributed by atoms with van der Waals surface area (Å²) in [6.45, 7) is 1.67. The number of hydrogen-bond donors (Lipinski definition) is 1. The number of likely N-dealkylation sites (N-methyl/N-ethyl adjacent to an activating group) is 1. The average molecular weight is 356 g/mol. The second-order valence-corrected chi connectivity index (χ2v) is 5.11. The van der Waals surface area contributed by atoms with Gasteiger partial charge in [-0.2, -0.15) is 0 Å². The van der Waals surface area contributed by atoms with Crippen LogP contribution in [0.4, 0.5) is 0 Å². The Labute approximate surface area is 161 Å². The molecule has 1 aromatic carbocycles. The Morgan fingerprint density at radius 1 is 1.27 bits per heavy atom. The van der Waals surface area contributed by atoms with E-state index in [0.717, 1.165) is 4.90 Å². The van der Waals surface area contributed by atoms with Crippen LogP contribution in [0.1, 0.15) is 12.5 Å². The second-order valence-electron chi connectivity index (χ2n) is 4.27. The van der Waals surface area contributed by atoms with E-state index >= 15 is 0 Å². The molecule has 0 aliphatic heterocycles. The van der Waals surface area contributed by atoms with E-state index in [1.54, 1.807) is 6.92 Å². The summed E-state index contributed by atoms with van der Waals surface area (Å²) in [7, 11) is 2.91. The van der Waals surface area contributed by atoms with Gasteiger partial charge in [0.1, 0.15) is 5.76 Å². The van der Waals surface area contributed by atoms with Gasteiger partial charge >= 0.3 is 35.5 Å². The summed E-state index contributed by atoms with van der Waals surface area (Å²) in [4.78, 5) is 25.2. The number of aliphatic hydroxyl groups is 1. The molecule has 0 radical (unpaired) electrons. The molecule has 0 aliphatic carbocycles. The van der Waals surface area contributed by atoms with Crippen LogP contribution in [0.5, 0.6) is 0 Å². The third-order valence-electron chi connectivity index (χ3n) is 2.52. The summed E-state index contributed by atoms with van der Waals surface area (Å²) < 4.78 is 4.81. The molecule has 0 fully saturated rings. The normalized spacial score (nSPS) is 11.1. The predicted molar refractivity (Wildman–Crippen MR) is 88.5 cm³/mol. The summed E-state index contributed by atoms with van der Waals surface area (Å²) in [5.41, 5.74) is -0.356. The first-order chi connectivity index (χ1) is 9.79. The molecule has 1 amide bonds. The number of nitrogens with zero attached hydrogens (tertiary/aromatic N) is 1. The van der Waals surface area contributed by atoms with Crippen LogP contribution in [0, 0.1) is 0 Å². The molecule has 0 aromatic heterocycles. The van der Waals surface area contributed by atoms with Crippen molar-refractivity contribution in [2.75, 3.05) is 20.7 Å². The Kier molecular flexibility index (Phi) is 9.12. The van der Waals surface area contributed by atoms with Crippen LogP contribution < -0.4 is 0 Å². The van der Waals surface area contributed by atoms with E-state index in [2.05, 4.69) is 0 Å². The summed E-state index contributed by atoms with van der Waals surface area (Å²) in [6, 6.07) is 4.31. The summed E-state index contributed by atoms with van der Waals surface area (Å²) in [5, 5.41) is 10.8. The third-order valence-corrected chi connectivity index (χ3v) is 3.07. The van der Waals surface area contributed by atoms with Crippen LogP contribution in [0.2, 0.25) is 10.0 Å². The zero-order valence-corrected chi connectivity index (χ0v) is 13.3. The molecule has 0 spiro atoms. The van der Waals surface area contributed by atoms with Gasteiger partial charge in [0.15, 0.2) is 5.57 Å². The van der Waals surface area contributed by atoms with E-state index in [-0.39, 0.29) is 46.8 Å². The van der Waals surface area contributed by atoms with E-state index in [1.165, 1.54) is 32.3 Å². The summed E-state index contributed by atoms with van der Waals surface area (Å²) in [6.07, 6.45) is 0. The maximum atomic E-state index is 12.1. The second kappa shape index (κ2) is 9.43. The average Bonchev–Trinajstić information content (AvgIpc) is 2.38. The minimum atomic E-state index is -0.917. The van der Waals surface area contributed by atoms with Crippen molar-refractivity contribution in [3.05, 3.63) is 39.4 Å². The molecule has 0 atom stereocenters. The molecular formula is C14H16Cl2NNaO4. The molecule has 8 heteroatoms. The number of halogens is 2. The van der Waals surface area contributed by atoms with Gasteiger partial charge in [-0.3, -0.25) is 4.79 Å². The van der Waals surface area contributed by atoms with Gasteiger partial charge in [0.05, 0.1) is 11.6 Å². The Morgan fingerprint density at radius 3 is 2.32 bits per heavy atom. The monoisotopic (exact) mass is 355 g/mol. The first kappa shape index (κ1) is 21.3. The molecule has 0 saturated heterocycles. The molecule has 0 aliphatic rings. The fourth-order valence-corrected chi connectivity index (χ4v) is 2.03. The van der Waals surface area contributed by atoms with E-state index in [0.29, 0.717) is 5.02 Å². The van der Waals surface area contributed by atoms with E-state index in [1.807, 2.05) is 0 Å². The Balaban J connectivity index is 0.00000441. The maximum absolute atomic E-state index is 12.1. The van der Waals surface area contributed by atoms with E-state index < -0.39 is 23.2 Å². The number of ether oxygens (including phenoxy) is 1. The molecule has 22 heavy (non-hydrogen) atoms. The van der Waals surface area contributed by atoms with Crippen molar-refractivity contribution < 1.29 is 19.4 Å². The number of carbonyl (C=O) groups excluding carboxylic acids is 2. The van der Waals surface area contributed by atoms with Gasteiger partial charge in [0, 0.05) is 24.7 Å². The number of carbonyl (C=O) groups is 2. The van der Waals surface area contributed by atoms with Gasteiger partial charge in [-0.25, -0.2) is 4.79 Å². The zero-order valence-electron chi connectivity index (χ0n) is 11.8. The molecule has 1 N–H and O–H groups in total. The van der Waals surface area contributed by atoms with Crippen LogP contribution in [0.15, 0.2) is 23.8 Å². The van der Waals surface area contributed by atoms with Gasteiger partial charge < -0.3 is 14.7 Å². The minimum absolute atomic E-state index is 0. The molecule has 1 rings (SSSR count). The van der Waals surface area contributed by atoms with E-state index in [4.69, 9.17) is 27.9 Å². The third kappa shape index (κ3) is 5.18. The Morgan fingerprint density at radius 2 is 1.86 bits per heavy atom. The molecule has 0 bridgehead atoms. The number of aliphatic hydroxyl groups excluding tert-OH is 1. The van der Waals surface area contributed by atoms with Gasteiger partial charge in [-0.1, -0.05) is 23.2 Å². The predicted octanol–water partition coefficient (Wildman–Crippen LogP) is 2.27. The standard InChI is InChI=1S/C14H15Cl2NO4.Na.H/c1-4-21-14(20)11(13(19)17(2)3)12(18)9-6-5-8(15)7-10(9)16;;/h5-7,18H,4H2,1-3H3;;. The van der Waals surface area contributed by atoms with Crippen LogP contribution in [-0.2, 0) is 14.3 Å². The number of benzene rings is 1. The van der Waals surface area contributed by atoms with Crippen LogP contribution in [0.3, 0.4) is 0 Å². The van der Waals surface area contributed by atoms with Gasteiger partial charge in [-0.05, 0) is 25.1 Å². The van der Waals surface area contributed by atoms with Crippen LogP contribution in [-0.4, -0.2) is 72.1 Å². The Hall–Kier alpha value is -0.720. The molecule has 1 aromatic rings. The molecule has 5 nitrogen and oxygen atoms in total. The van der Waals surface area contributed by atoms with Crippen LogP contribution in [0.25, 0.3) is 5.76 Å². The quantitative estimate of drug-likeness (QED) is 0.224. The fourth-order valence-electron chi connectivity index (χ4n) is 1.53. The number of hydrogen-bond acceptors (Lipinski definition) is 4. The molecule has 0 unspecified atom stereocenters. The van der Waals surface area contributed by atoms with Gasteiger partial charge in [-0.15, -0.1) is 0 Å². The molecule has 0 heterocycles. The molecular weight excluding hydrogens is 340 g/mol. The van der Waals surface area contributed by atoms with Crippen molar-refractivity contribution in [1.82, 2.24) is 4.90 Å². The van der Waals surface area contributed by atoms with Crippen LogP contribution >= 0.6 is 23.2 Å². The van der Waals surface area contributed by atoms with Crippen molar-refractivity contribution >= 4 is 70.4 Å². The fraction of sp³-hybridized carbons (Fsp3) is 0.286. The number of rotatable bonds is 4. The van der Waals surface area contributed by atoms with Gasteiger partial charge in [0.25, 0.3) is 5.91 Å². The van der Waals surface area contributed by atoms with Crippen molar-refractivity contribution in [1.29, 1.82) is 0 Å². The topological polar surface area (TPSA) is 66.8 Å².